The average Bonchev–Trinajstić information content (AvgIpc) is 2.67. The number of nitrogens with one attached hydrogen (secondary N) is 1. The predicted molar refractivity (Wildman–Crippen MR) is 110 cm³/mol. The first-order chi connectivity index (χ1) is 13.3. The van der Waals surface area contributed by atoms with Gasteiger partial charge in [-0.1, -0.05) is 37.6 Å². The van der Waals surface area contributed by atoms with Crippen LogP contribution in [0.15, 0.2) is 65.6 Å². The van der Waals surface area contributed by atoms with Crippen LogP contribution in [-0.4, -0.2) is 25.2 Å². The molecule has 3 aromatic rings. The molecule has 0 unspecified atom stereocenters. The van der Waals surface area contributed by atoms with Crippen molar-refractivity contribution in [2.75, 3.05) is 11.3 Å². The largest absolute Gasteiger partial charge is 0.476 e. The Hall–Kier alpha value is -2.64. The third kappa shape index (κ3) is 5.21. The van der Waals surface area contributed by atoms with Crippen molar-refractivity contribution in [1.29, 1.82) is 0 Å². The van der Waals surface area contributed by atoms with E-state index in [9.17, 15) is 8.42 Å². The van der Waals surface area contributed by atoms with Crippen molar-refractivity contribution in [3.05, 3.63) is 65.7 Å². The highest BCUT2D eigenvalue weighted by atomic mass is 35.5. The third-order valence-corrected chi connectivity index (χ3v) is 5.41. The van der Waals surface area contributed by atoms with Crippen LogP contribution in [0.25, 0.3) is 11.3 Å². The molecule has 0 atom stereocenters. The molecule has 1 aromatic heterocycles. The lowest BCUT2D eigenvalue weighted by atomic mass is 10.1. The van der Waals surface area contributed by atoms with Crippen LogP contribution < -0.4 is 9.46 Å². The molecule has 1 N–H and O–H groups in total. The van der Waals surface area contributed by atoms with Crippen LogP contribution in [0.2, 0.25) is 5.02 Å². The maximum Gasteiger partial charge on any atom is 0.261 e. The number of hydrogen-bond acceptors (Lipinski definition) is 5. The van der Waals surface area contributed by atoms with Gasteiger partial charge in [-0.3, -0.25) is 4.72 Å². The van der Waals surface area contributed by atoms with Gasteiger partial charge in [0.05, 0.1) is 17.2 Å². The van der Waals surface area contributed by atoms with Gasteiger partial charge in [-0.15, -0.1) is 10.2 Å². The smallest absolute Gasteiger partial charge is 0.261 e. The second-order valence-corrected chi connectivity index (χ2v) is 8.72. The molecule has 6 nitrogen and oxygen atoms in total. The zero-order chi connectivity index (χ0) is 20.1. The summed E-state index contributed by atoms with van der Waals surface area (Å²) in [6, 6.07) is 16.5. The van der Waals surface area contributed by atoms with Crippen LogP contribution in [-0.2, 0) is 10.0 Å². The molecule has 0 aliphatic rings. The van der Waals surface area contributed by atoms with E-state index in [4.69, 9.17) is 16.3 Å². The van der Waals surface area contributed by atoms with Crippen molar-refractivity contribution < 1.29 is 13.2 Å². The topological polar surface area (TPSA) is 81.2 Å². The minimum Gasteiger partial charge on any atom is -0.476 e. The van der Waals surface area contributed by atoms with Crippen molar-refractivity contribution >= 4 is 27.3 Å². The van der Waals surface area contributed by atoms with Crippen LogP contribution >= 0.6 is 11.6 Å². The Labute approximate surface area is 169 Å². The second-order valence-electron chi connectivity index (χ2n) is 6.60. The zero-order valence-electron chi connectivity index (χ0n) is 15.5. The Kier molecular flexibility index (Phi) is 6.16. The summed E-state index contributed by atoms with van der Waals surface area (Å²) < 4.78 is 32.9. The second kappa shape index (κ2) is 8.58. The van der Waals surface area contributed by atoms with Gasteiger partial charge >= 0.3 is 0 Å². The first kappa shape index (κ1) is 20.1. The molecule has 1 heterocycles. The van der Waals surface area contributed by atoms with Crippen molar-refractivity contribution in [3.63, 3.8) is 0 Å². The fraction of sp³-hybridized carbons (Fsp3) is 0.200. The maximum atomic E-state index is 12.4. The Bertz CT molecular complexity index is 1020. The van der Waals surface area contributed by atoms with Gasteiger partial charge in [0, 0.05) is 22.3 Å². The van der Waals surface area contributed by atoms with Crippen LogP contribution in [0.3, 0.4) is 0 Å². The van der Waals surface area contributed by atoms with E-state index in [-0.39, 0.29) is 4.90 Å². The fourth-order valence-electron chi connectivity index (χ4n) is 2.34. The highest BCUT2D eigenvalue weighted by Gasteiger charge is 2.14. The molecule has 0 saturated carbocycles. The quantitative estimate of drug-likeness (QED) is 0.606. The summed E-state index contributed by atoms with van der Waals surface area (Å²) in [5.74, 6) is 0.885. The lowest BCUT2D eigenvalue weighted by molar-refractivity contribution is 0.258. The number of anilines is 1. The van der Waals surface area contributed by atoms with E-state index in [1.54, 1.807) is 30.3 Å². The normalized spacial score (nSPS) is 11.4. The fourth-order valence-corrected chi connectivity index (χ4v) is 3.52. The number of sulfonamides is 1. The Balaban J connectivity index is 1.70. The monoisotopic (exact) mass is 417 g/mol. The van der Waals surface area contributed by atoms with Gasteiger partial charge in [0.2, 0.25) is 5.88 Å². The summed E-state index contributed by atoms with van der Waals surface area (Å²) >= 11 is 5.80. The van der Waals surface area contributed by atoms with E-state index in [1.165, 1.54) is 24.3 Å². The van der Waals surface area contributed by atoms with E-state index in [2.05, 4.69) is 28.8 Å². The molecule has 0 aliphatic carbocycles. The lowest BCUT2D eigenvalue weighted by Crippen LogP contribution is -2.12. The number of benzene rings is 2. The summed E-state index contributed by atoms with van der Waals surface area (Å²) in [5.41, 5.74) is 1.94. The Morgan fingerprint density at radius 2 is 1.64 bits per heavy atom. The molecule has 0 radical (unpaired) electrons. The number of ether oxygens (including phenoxy) is 1. The number of hydrogen-bond donors (Lipinski definition) is 1. The highest BCUT2D eigenvalue weighted by Crippen LogP contribution is 2.23. The average molecular weight is 418 g/mol. The van der Waals surface area contributed by atoms with Crippen molar-refractivity contribution in [1.82, 2.24) is 10.2 Å². The maximum absolute atomic E-state index is 12.4. The molecule has 0 spiro atoms. The standard InChI is InChI=1S/C20H20ClN3O3S/c1-14(2)13-27-20-12-11-19(22-23-20)15-3-7-17(8-4-15)24-28(25,26)18-9-5-16(21)6-10-18/h3-12,14,24H,13H2,1-2H3. The molecule has 0 bridgehead atoms. The highest BCUT2D eigenvalue weighted by molar-refractivity contribution is 7.92. The van der Waals surface area contributed by atoms with E-state index in [0.29, 0.717) is 34.8 Å². The van der Waals surface area contributed by atoms with Crippen LogP contribution in [0, 0.1) is 5.92 Å². The third-order valence-electron chi connectivity index (χ3n) is 3.76. The molecule has 8 heteroatoms. The van der Waals surface area contributed by atoms with Crippen molar-refractivity contribution in [2.45, 2.75) is 18.7 Å². The van der Waals surface area contributed by atoms with Crippen molar-refractivity contribution in [2.24, 2.45) is 5.92 Å². The number of halogens is 1. The molecule has 0 aliphatic heterocycles. The van der Waals surface area contributed by atoms with E-state index in [1.807, 2.05) is 6.07 Å². The Morgan fingerprint density at radius 3 is 2.21 bits per heavy atom. The predicted octanol–water partition coefficient (Wildman–Crippen LogP) is 4.63. The molecule has 146 valence electrons. The Morgan fingerprint density at radius 1 is 0.964 bits per heavy atom. The molecule has 0 fully saturated rings. The molecule has 28 heavy (non-hydrogen) atoms. The SMILES string of the molecule is CC(C)COc1ccc(-c2ccc(NS(=O)(=O)c3ccc(Cl)cc3)cc2)nn1. The minimum absolute atomic E-state index is 0.142. The lowest BCUT2D eigenvalue weighted by Gasteiger charge is -2.09. The zero-order valence-corrected chi connectivity index (χ0v) is 17.0. The van der Waals surface area contributed by atoms with Crippen molar-refractivity contribution in [3.8, 4) is 17.1 Å². The minimum atomic E-state index is -3.68. The molecule has 0 saturated heterocycles. The molecule has 2 aromatic carbocycles. The first-order valence-corrected chi connectivity index (χ1v) is 10.5. The van der Waals surface area contributed by atoms with Crippen LogP contribution in [0.1, 0.15) is 13.8 Å². The molecule has 3 rings (SSSR count). The summed E-state index contributed by atoms with van der Waals surface area (Å²) in [6.07, 6.45) is 0. The number of aromatic nitrogens is 2. The molecular formula is C20H20ClN3O3S. The summed E-state index contributed by atoms with van der Waals surface area (Å²) in [4.78, 5) is 0.142. The number of rotatable bonds is 7. The van der Waals surface area contributed by atoms with Gasteiger partial charge in [-0.2, -0.15) is 0 Å². The van der Waals surface area contributed by atoms with Gasteiger partial charge in [-0.25, -0.2) is 8.42 Å². The summed E-state index contributed by atoms with van der Waals surface area (Å²) in [7, 11) is -3.68. The van der Waals surface area contributed by atoms with Gasteiger partial charge in [0.25, 0.3) is 10.0 Å². The van der Waals surface area contributed by atoms with Crippen LogP contribution in [0.5, 0.6) is 5.88 Å². The molecular weight excluding hydrogens is 398 g/mol. The summed E-state index contributed by atoms with van der Waals surface area (Å²) in [6.45, 7) is 4.70. The van der Waals surface area contributed by atoms with Gasteiger partial charge in [-0.05, 0) is 48.4 Å². The molecule has 0 amide bonds. The van der Waals surface area contributed by atoms with Gasteiger partial charge in [0.15, 0.2) is 0 Å². The van der Waals surface area contributed by atoms with E-state index in [0.717, 1.165) is 5.56 Å². The first-order valence-electron chi connectivity index (χ1n) is 8.69. The summed E-state index contributed by atoms with van der Waals surface area (Å²) in [5, 5.41) is 8.70. The van der Waals surface area contributed by atoms with Crippen LogP contribution in [0.4, 0.5) is 5.69 Å². The van der Waals surface area contributed by atoms with E-state index >= 15 is 0 Å². The van der Waals surface area contributed by atoms with Gasteiger partial charge < -0.3 is 4.74 Å². The van der Waals surface area contributed by atoms with Gasteiger partial charge in [0.1, 0.15) is 0 Å². The van der Waals surface area contributed by atoms with E-state index < -0.39 is 10.0 Å². The number of nitrogens with zero attached hydrogens (tertiary/aromatic N) is 2.